The molecule has 20 heavy (non-hydrogen) atoms. The number of aromatic nitrogens is 1. The molecule has 0 saturated carbocycles. The Kier molecular flexibility index (Phi) is 4.38. The summed E-state index contributed by atoms with van der Waals surface area (Å²) < 4.78 is 26.7. The average Bonchev–Trinajstić information content (AvgIpc) is 2.47. The van der Waals surface area contributed by atoms with Gasteiger partial charge in [0.1, 0.15) is 16.7 Å². The van der Waals surface area contributed by atoms with E-state index in [1.165, 1.54) is 22.6 Å². The normalized spacial score (nSPS) is 24.2. The van der Waals surface area contributed by atoms with Gasteiger partial charge in [0.05, 0.1) is 0 Å². The lowest BCUT2D eigenvalue weighted by atomic mass is 9.96. The maximum absolute atomic E-state index is 12.6. The Bertz CT molecular complexity index is 606. The Balaban J connectivity index is 2.30. The van der Waals surface area contributed by atoms with E-state index in [4.69, 9.17) is 11.0 Å². The fourth-order valence-corrected chi connectivity index (χ4v) is 4.09. The maximum atomic E-state index is 12.6. The van der Waals surface area contributed by atoms with Crippen LogP contribution >= 0.6 is 0 Å². The third kappa shape index (κ3) is 2.82. The van der Waals surface area contributed by atoms with Gasteiger partial charge in [-0.1, -0.05) is 0 Å². The van der Waals surface area contributed by atoms with Gasteiger partial charge >= 0.3 is 0 Å². The molecule has 1 aromatic rings. The lowest BCUT2D eigenvalue weighted by Gasteiger charge is -2.36. The number of piperidine rings is 1. The molecular formula is C13H18N4O2S. The molecule has 6 nitrogen and oxygen atoms in total. The molecule has 0 spiro atoms. The minimum atomic E-state index is -3.57. The number of rotatable bonds is 3. The molecule has 0 radical (unpaired) electrons. The number of nitrogens with zero attached hydrogens (tertiary/aromatic N) is 3. The Morgan fingerprint density at radius 2 is 2.25 bits per heavy atom. The van der Waals surface area contributed by atoms with Crippen LogP contribution in [0, 0.1) is 17.2 Å². The second-order valence-corrected chi connectivity index (χ2v) is 6.98. The smallest absolute Gasteiger partial charge is 0.244 e. The molecule has 1 aromatic heterocycles. The van der Waals surface area contributed by atoms with Crippen molar-refractivity contribution in [2.75, 3.05) is 13.1 Å². The van der Waals surface area contributed by atoms with E-state index in [1.807, 2.05) is 13.0 Å². The van der Waals surface area contributed by atoms with Crippen molar-refractivity contribution in [2.45, 2.75) is 30.7 Å². The highest BCUT2D eigenvalue weighted by Crippen LogP contribution is 2.27. The molecule has 0 aliphatic carbocycles. The van der Waals surface area contributed by atoms with Gasteiger partial charge in [-0.05, 0) is 44.4 Å². The molecule has 108 valence electrons. The fraction of sp³-hybridized carbons (Fsp3) is 0.538. The van der Waals surface area contributed by atoms with Crippen molar-refractivity contribution in [3.05, 3.63) is 24.0 Å². The summed E-state index contributed by atoms with van der Waals surface area (Å²) in [6.07, 6.45) is 3.01. The molecule has 2 rings (SSSR count). The third-order valence-electron chi connectivity index (χ3n) is 3.71. The van der Waals surface area contributed by atoms with Crippen LogP contribution in [0.15, 0.2) is 23.2 Å². The first-order valence-corrected chi connectivity index (χ1v) is 8.01. The van der Waals surface area contributed by atoms with Crippen LogP contribution in [-0.2, 0) is 10.0 Å². The van der Waals surface area contributed by atoms with Gasteiger partial charge < -0.3 is 5.73 Å². The summed E-state index contributed by atoms with van der Waals surface area (Å²) in [5.74, 6) is 0.201. The molecule has 2 heterocycles. The minimum absolute atomic E-state index is 0.0431. The van der Waals surface area contributed by atoms with Gasteiger partial charge in [-0.25, -0.2) is 13.4 Å². The molecule has 1 aliphatic heterocycles. The lowest BCUT2D eigenvalue weighted by molar-refractivity contribution is 0.211. The van der Waals surface area contributed by atoms with Crippen LogP contribution in [0.2, 0.25) is 0 Å². The first kappa shape index (κ1) is 14.9. The largest absolute Gasteiger partial charge is 0.330 e. The van der Waals surface area contributed by atoms with Crippen molar-refractivity contribution in [1.82, 2.24) is 9.29 Å². The van der Waals surface area contributed by atoms with Gasteiger partial charge in [-0.2, -0.15) is 9.57 Å². The number of hydrogen-bond donors (Lipinski definition) is 1. The lowest BCUT2D eigenvalue weighted by Crippen LogP contribution is -2.47. The van der Waals surface area contributed by atoms with Crippen molar-refractivity contribution in [1.29, 1.82) is 5.26 Å². The number of nitrogens with two attached hydrogens (primary N) is 1. The Morgan fingerprint density at radius 3 is 2.80 bits per heavy atom. The Labute approximate surface area is 119 Å². The molecule has 2 unspecified atom stereocenters. The van der Waals surface area contributed by atoms with Crippen LogP contribution in [0.4, 0.5) is 0 Å². The molecule has 2 N–H and O–H groups in total. The van der Waals surface area contributed by atoms with Gasteiger partial charge in [0.25, 0.3) is 0 Å². The van der Waals surface area contributed by atoms with Gasteiger partial charge in [-0.3, -0.25) is 0 Å². The van der Waals surface area contributed by atoms with E-state index >= 15 is 0 Å². The van der Waals surface area contributed by atoms with Gasteiger partial charge in [0.2, 0.25) is 10.0 Å². The van der Waals surface area contributed by atoms with Crippen LogP contribution in [-0.4, -0.2) is 36.8 Å². The summed E-state index contributed by atoms with van der Waals surface area (Å²) in [7, 11) is -3.57. The molecule has 1 saturated heterocycles. The minimum Gasteiger partial charge on any atom is -0.330 e. The molecule has 1 aliphatic rings. The van der Waals surface area contributed by atoms with Crippen LogP contribution < -0.4 is 5.73 Å². The Hall–Kier alpha value is -1.49. The zero-order chi connectivity index (χ0) is 14.8. The molecule has 1 fully saturated rings. The summed E-state index contributed by atoms with van der Waals surface area (Å²) >= 11 is 0. The first-order chi connectivity index (χ1) is 9.48. The number of sulfonamides is 1. The quantitative estimate of drug-likeness (QED) is 0.884. The SMILES string of the molecule is CC1CCC(CN)CN1S(=O)(=O)c1ccc(C#N)nc1. The predicted octanol–water partition coefficient (Wildman–Crippen LogP) is 0.701. The standard InChI is InChI=1S/C13H18N4O2S/c1-10-2-3-11(6-14)9-17(10)20(18,19)13-5-4-12(7-15)16-8-13/h4-5,8,10-11H,2-3,6,9,14H2,1H3. The van der Waals surface area contributed by atoms with Crippen molar-refractivity contribution < 1.29 is 8.42 Å². The van der Waals surface area contributed by atoms with E-state index in [0.29, 0.717) is 13.1 Å². The van der Waals surface area contributed by atoms with Crippen molar-refractivity contribution in [2.24, 2.45) is 11.7 Å². The molecule has 2 atom stereocenters. The molecule has 0 bridgehead atoms. The van der Waals surface area contributed by atoms with Crippen molar-refractivity contribution in [3.8, 4) is 6.07 Å². The summed E-state index contributed by atoms with van der Waals surface area (Å²) in [6.45, 7) is 2.84. The van der Waals surface area contributed by atoms with Gasteiger partial charge in [0, 0.05) is 18.8 Å². The summed E-state index contributed by atoms with van der Waals surface area (Å²) in [6, 6.07) is 4.68. The third-order valence-corrected chi connectivity index (χ3v) is 5.68. The Morgan fingerprint density at radius 1 is 1.50 bits per heavy atom. The zero-order valence-electron chi connectivity index (χ0n) is 11.4. The van der Waals surface area contributed by atoms with E-state index in [-0.39, 0.29) is 22.5 Å². The van der Waals surface area contributed by atoms with Crippen molar-refractivity contribution >= 4 is 10.0 Å². The van der Waals surface area contributed by atoms with E-state index in [1.54, 1.807) is 0 Å². The number of nitriles is 1. The summed E-state index contributed by atoms with van der Waals surface area (Å²) in [5.41, 5.74) is 5.87. The van der Waals surface area contributed by atoms with Crippen LogP contribution in [0.25, 0.3) is 0 Å². The van der Waals surface area contributed by atoms with Gasteiger partial charge in [0.15, 0.2) is 0 Å². The number of hydrogen-bond acceptors (Lipinski definition) is 5. The zero-order valence-corrected chi connectivity index (χ0v) is 12.2. The fourth-order valence-electron chi connectivity index (χ4n) is 2.41. The summed E-state index contributed by atoms with van der Waals surface area (Å²) in [5, 5.41) is 8.70. The maximum Gasteiger partial charge on any atom is 0.244 e. The second-order valence-electron chi connectivity index (χ2n) is 5.09. The van der Waals surface area contributed by atoms with E-state index in [0.717, 1.165) is 12.8 Å². The van der Waals surface area contributed by atoms with E-state index in [9.17, 15) is 8.42 Å². The van der Waals surface area contributed by atoms with Crippen LogP contribution in [0.5, 0.6) is 0 Å². The van der Waals surface area contributed by atoms with Crippen molar-refractivity contribution in [3.63, 3.8) is 0 Å². The first-order valence-electron chi connectivity index (χ1n) is 6.57. The monoisotopic (exact) mass is 294 g/mol. The van der Waals surface area contributed by atoms with E-state index in [2.05, 4.69) is 4.98 Å². The highest BCUT2D eigenvalue weighted by atomic mass is 32.2. The molecule has 7 heteroatoms. The second kappa shape index (κ2) is 5.87. The molecular weight excluding hydrogens is 276 g/mol. The van der Waals surface area contributed by atoms with Crippen LogP contribution in [0.3, 0.4) is 0 Å². The number of pyridine rings is 1. The van der Waals surface area contributed by atoms with Crippen LogP contribution in [0.1, 0.15) is 25.5 Å². The topological polar surface area (TPSA) is 100 Å². The highest BCUT2D eigenvalue weighted by molar-refractivity contribution is 7.89. The molecule has 0 amide bonds. The van der Waals surface area contributed by atoms with E-state index < -0.39 is 10.0 Å². The average molecular weight is 294 g/mol. The highest BCUT2D eigenvalue weighted by Gasteiger charge is 2.34. The molecule has 0 aromatic carbocycles. The predicted molar refractivity (Wildman–Crippen MR) is 74.1 cm³/mol. The summed E-state index contributed by atoms with van der Waals surface area (Å²) in [4.78, 5) is 3.96. The van der Waals surface area contributed by atoms with Gasteiger partial charge in [-0.15, -0.1) is 0 Å².